The molecule has 0 aromatic heterocycles. The minimum atomic E-state index is -0.819. The minimum Gasteiger partial charge on any atom is -0.106 e. The topological polar surface area (TPSA) is 17.1 Å². The SMILES string of the molecule is O=[C]=[Ir][Cl].Pc1ccccc1. The molecule has 0 heterocycles. The normalized spacial score (nSPS) is 7.82. The molecule has 0 spiro atoms. The average molecular weight is 366 g/mol. The van der Waals surface area contributed by atoms with E-state index in [1.54, 1.807) is 4.39 Å². The van der Waals surface area contributed by atoms with E-state index in [1.807, 2.05) is 30.3 Å². The molecule has 4 heteroatoms. The van der Waals surface area contributed by atoms with E-state index in [9.17, 15) is 0 Å². The second-order valence-corrected chi connectivity index (χ2v) is 4.18. The Morgan fingerprint density at radius 2 is 1.82 bits per heavy atom. The first-order valence-electron chi connectivity index (χ1n) is 2.70. The van der Waals surface area contributed by atoms with Gasteiger partial charge in [0.05, 0.1) is 0 Å². The summed E-state index contributed by atoms with van der Waals surface area (Å²) in [6, 6.07) is 10.1. The van der Waals surface area contributed by atoms with Gasteiger partial charge in [-0.15, -0.1) is 9.24 Å². The van der Waals surface area contributed by atoms with E-state index in [0.717, 1.165) is 0 Å². The summed E-state index contributed by atoms with van der Waals surface area (Å²) < 4.78 is 1.57. The van der Waals surface area contributed by atoms with Crippen LogP contribution in [0, 0.1) is 0 Å². The number of hydrogen-bond acceptors (Lipinski definition) is 1. The van der Waals surface area contributed by atoms with Crippen molar-refractivity contribution in [2.24, 2.45) is 0 Å². The van der Waals surface area contributed by atoms with Crippen molar-refractivity contribution in [1.82, 2.24) is 0 Å². The molecule has 0 aliphatic heterocycles. The molecular weight excluding hydrogens is 359 g/mol. The molecule has 0 aliphatic rings. The monoisotopic (exact) mass is 366 g/mol. The number of benzene rings is 1. The Bertz CT molecular complexity index is 233. The molecule has 0 saturated heterocycles. The van der Waals surface area contributed by atoms with E-state index in [1.165, 1.54) is 5.30 Å². The van der Waals surface area contributed by atoms with Gasteiger partial charge < -0.3 is 0 Å². The number of halogens is 1. The Morgan fingerprint density at radius 1 is 1.36 bits per heavy atom. The summed E-state index contributed by atoms with van der Waals surface area (Å²) in [5.74, 6) is 0. The van der Waals surface area contributed by atoms with Gasteiger partial charge in [-0.05, 0) is 5.30 Å². The molecule has 0 amide bonds. The third-order valence-electron chi connectivity index (χ3n) is 0.825. The van der Waals surface area contributed by atoms with E-state index in [0.29, 0.717) is 0 Å². The van der Waals surface area contributed by atoms with Crippen LogP contribution >= 0.6 is 18.8 Å². The summed E-state index contributed by atoms with van der Waals surface area (Å²) in [6.45, 7) is 0. The molecule has 1 unspecified atom stereocenters. The first-order chi connectivity index (χ1) is 5.31. The smallest absolute Gasteiger partial charge is 0.0303 e. The maximum Gasteiger partial charge on any atom is -0.0303 e. The molecule has 0 aliphatic carbocycles. The van der Waals surface area contributed by atoms with E-state index in [2.05, 4.69) is 9.24 Å². The van der Waals surface area contributed by atoms with Crippen molar-refractivity contribution in [3.8, 4) is 0 Å². The summed E-state index contributed by atoms with van der Waals surface area (Å²) in [6.07, 6.45) is 0. The Hall–Kier alpha value is 0.169. The molecule has 0 bridgehead atoms. The van der Waals surface area contributed by atoms with Gasteiger partial charge in [-0.2, -0.15) is 0 Å². The quantitative estimate of drug-likeness (QED) is 0.637. The van der Waals surface area contributed by atoms with Crippen LogP contribution in [0.25, 0.3) is 0 Å². The molecule has 1 aromatic carbocycles. The second kappa shape index (κ2) is 8.27. The van der Waals surface area contributed by atoms with Crippen molar-refractivity contribution in [3.05, 3.63) is 30.3 Å². The molecule has 1 nitrogen and oxygen atoms in total. The van der Waals surface area contributed by atoms with Crippen LogP contribution in [0.15, 0.2) is 30.3 Å². The largest absolute Gasteiger partial charge is 0.106 e. The van der Waals surface area contributed by atoms with Crippen LogP contribution in [0.3, 0.4) is 0 Å². The Kier molecular flexibility index (Phi) is 8.39. The molecule has 0 N–H and O–H groups in total. The van der Waals surface area contributed by atoms with Gasteiger partial charge in [-0.25, -0.2) is 0 Å². The van der Waals surface area contributed by atoms with Gasteiger partial charge in [-0.1, -0.05) is 30.3 Å². The van der Waals surface area contributed by atoms with E-state index >= 15 is 0 Å². The third kappa shape index (κ3) is 8.07. The summed E-state index contributed by atoms with van der Waals surface area (Å²) in [5.41, 5.74) is 0. The molecule has 0 radical (unpaired) electrons. The second-order valence-electron chi connectivity index (χ2n) is 1.54. The van der Waals surface area contributed by atoms with Crippen molar-refractivity contribution in [2.45, 2.75) is 0 Å². The van der Waals surface area contributed by atoms with Crippen LogP contribution in [0.1, 0.15) is 0 Å². The summed E-state index contributed by atoms with van der Waals surface area (Å²) >= 11 is -0.819. The number of hydrogen-bond donors (Lipinski definition) is 0. The Labute approximate surface area is 79.8 Å². The average Bonchev–Trinajstić information content (AvgIpc) is 2.07. The summed E-state index contributed by atoms with van der Waals surface area (Å²) in [5, 5.41) is 1.24. The fraction of sp³-hybridized carbons (Fsp3) is 0. The fourth-order valence-electron chi connectivity index (χ4n) is 0.453. The summed E-state index contributed by atoms with van der Waals surface area (Å²) in [7, 11) is 7.52. The van der Waals surface area contributed by atoms with Crippen LogP contribution < -0.4 is 5.30 Å². The van der Waals surface area contributed by atoms with Gasteiger partial charge >= 0.3 is 35.0 Å². The standard InChI is InChI=1S/C6H7P.CO.ClH.Ir/c7-6-4-2-1-3-5-6;1-2;;/h1-5H,7H2;;1H;/q;;;+1/p-1. The maximum absolute atomic E-state index is 8.97. The van der Waals surface area contributed by atoms with Gasteiger partial charge in [0.15, 0.2) is 0 Å². The van der Waals surface area contributed by atoms with E-state index in [4.69, 9.17) is 14.4 Å². The van der Waals surface area contributed by atoms with Crippen LogP contribution in [0.2, 0.25) is 0 Å². The van der Waals surface area contributed by atoms with Crippen molar-refractivity contribution in [1.29, 1.82) is 0 Å². The fourth-order valence-corrected chi connectivity index (χ4v) is 0.675. The number of carbonyl (C=O) groups excluding carboxylic acids is 1. The molecule has 0 saturated carbocycles. The van der Waals surface area contributed by atoms with Gasteiger partial charge in [0.25, 0.3) is 0 Å². The zero-order chi connectivity index (χ0) is 8.53. The molecule has 62 valence electrons. The van der Waals surface area contributed by atoms with E-state index < -0.39 is 16.2 Å². The van der Waals surface area contributed by atoms with E-state index in [-0.39, 0.29) is 0 Å². The molecule has 1 aromatic rings. The molecule has 1 atom stereocenters. The van der Waals surface area contributed by atoms with Crippen molar-refractivity contribution < 1.29 is 21.0 Å². The first kappa shape index (κ1) is 11.2. The maximum atomic E-state index is 8.97. The molecular formula is C7H7ClIrOP. The molecule has 0 fully saturated rings. The zero-order valence-corrected chi connectivity index (χ0v) is 9.89. The predicted molar refractivity (Wildman–Crippen MR) is 47.3 cm³/mol. The summed E-state index contributed by atoms with van der Waals surface area (Å²) in [4.78, 5) is 8.97. The van der Waals surface area contributed by atoms with Gasteiger partial charge in [0, 0.05) is 0 Å². The third-order valence-corrected chi connectivity index (χ3v) is 1.82. The molecule has 11 heavy (non-hydrogen) atoms. The van der Waals surface area contributed by atoms with Gasteiger partial charge in [0.1, 0.15) is 0 Å². The van der Waals surface area contributed by atoms with Gasteiger partial charge in [0.2, 0.25) is 0 Å². The van der Waals surface area contributed by atoms with Crippen LogP contribution in [-0.2, 0) is 21.0 Å². The van der Waals surface area contributed by atoms with Gasteiger partial charge in [-0.3, -0.25) is 0 Å². The van der Waals surface area contributed by atoms with Crippen molar-refractivity contribution in [3.63, 3.8) is 0 Å². The predicted octanol–water partition coefficient (Wildman–Crippen LogP) is 1.48. The zero-order valence-electron chi connectivity index (χ0n) is 5.58. The van der Waals surface area contributed by atoms with Crippen molar-refractivity contribution in [2.75, 3.05) is 0 Å². The minimum absolute atomic E-state index is 0.819. The molecule has 1 rings (SSSR count). The van der Waals surface area contributed by atoms with Crippen LogP contribution in [0.5, 0.6) is 0 Å². The van der Waals surface area contributed by atoms with Crippen LogP contribution in [-0.4, -0.2) is 4.39 Å². The first-order valence-corrected chi connectivity index (χ1v) is 7.44. The van der Waals surface area contributed by atoms with Crippen molar-refractivity contribution >= 4 is 28.5 Å². The Balaban J connectivity index is 0.000000218. The van der Waals surface area contributed by atoms with Crippen LogP contribution in [0.4, 0.5) is 0 Å². The number of rotatable bonds is 0. The Morgan fingerprint density at radius 3 is 2.00 bits per heavy atom.